The van der Waals surface area contributed by atoms with Crippen LogP contribution < -0.4 is 10.2 Å². The number of piperazine rings is 1. The fraction of sp³-hybridized carbons (Fsp3) is 0.320. The lowest BCUT2D eigenvalue weighted by Crippen LogP contribution is -2.87. The van der Waals surface area contributed by atoms with Gasteiger partial charge < -0.3 is 15.1 Å². The largest absolute Gasteiger partial charge is 0.368 e. The number of benzene rings is 2. The van der Waals surface area contributed by atoms with Crippen molar-refractivity contribution in [3.63, 3.8) is 0 Å². The van der Waals surface area contributed by atoms with Gasteiger partial charge in [0.15, 0.2) is 6.54 Å². The molecule has 5 heteroatoms. The first-order chi connectivity index (χ1) is 14.6. The van der Waals surface area contributed by atoms with Crippen LogP contribution in [0.2, 0.25) is 0 Å². The second-order valence-corrected chi connectivity index (χ2v) is 8.91. The Labute approximate surface area is 183 Å². The van der Waals surface area contributed by atoms with E-state index in [1.807, 2.05) is 11.0 Å². The lowest BCUT2D eigenvalue weighted by Gasteiger charge is -2.37. The van der Waals surface area contributed by atoms with Crippen LogP contribution in [0.1, 0.15) is 27.6 Å². The predicted octanol–water partition coefficient (Wildman–Crippen LogP) is 3.37. The van der Waals surface area contributed by atoms with Crippen LogP contribution in [0, 0.1) is 13.8 Å². The van der Waals surface area contributed by atoms with E-state index in [1.54, 1.807) is 11.3 Å². The van der Waals surface area contributed by atoms with E-state index in [-0.39, 0.29) is 11.9 Å². The van der Waals surface area contributed by atoms with E-state index in [0.29, 0.717) is 6.54 Å². The zero-order valence-electron chi connectivity index (χ0n) is 17.8. The molecule has 0 unspecified atom stereocenters. The summed E-state index contributed by atoms with van der Waals surface area (Å²) in [7, 11) is 0. The zero-order valence-corrected chi connectivity index (χ0v) is 18.6. The standard InChI is InChI=1S/C25H29N3OS/c1-19-8-6-11-22(20(19)2)27-13-15-28(16-14-27)24(29)18-26-25(23-12-7-17-30-23)21-9-4-3-5-10-21/h3-12,17,25-26H,13-16,18H2,1-2H3/p+1/t25-/m0/s1. The second kappa shape index (κ2) is 9.45. The molecule has 1 aliphatic heterocycles. The molecule has 2 aromatic carbocycles. The van der Waals surface area contributed by atoms with Gasteiger partial charge in [-0.1, -0.05) is 48.5 Å². The van der Waals surface area contributed by atoms with Gasteiger partial charge >= 0.3 is 0 Å². The van der Waals surface area contributed by atoms with E-state index in [2.05, 4.69) is 84.0 Å². The second-order valence-electron chi connectivity index (χ2n) is 7.93. The van der Waals surface area contributed by atoms with Gasteiger partial charge in [0, 0.05) is 37.4 Å². The van der Waals surface area contributed by atoms with Crippen molar-refractivity contribution in [3.05, 3.63) is 87.6 Å². The summed E-state index contributed by atoms with van der Waals surface area (Å²) >= 11 is 1.75. The SMILES string of the molecule is Cc1cccc(N2CCN(C(=O)C[NH2+][C@@H](c3ccccc3)c3cccs3)CC2)c1C. The Bertz CT molecular complexity index is 963. The Kier molecular flexibility index (Phi) is 6.50. The van der Waals surface area contributed by atoms with Crippen molar-refractivity contribution in [2.45, 2.75) is 19.9 Å². The van der Waals surface area contributed by atoms with Crippen molar-refractivity contribution >= 4 is 22.9 Å². The number of hydrogen-bond donors (Lipinski definition) is 1. The van der Waals surface area contributed by atoms with Gasteiger partial charge in [-0.25, -0.2) is 0 Å². The number of thiophene rings is 1. The Hall–Kier alpha value is -2.63. The number of carbonyl (C=O) groups is 1. The van der Waals surface area contributed by atoms with Crippen molar-refractivity contribution in [1.29, 1.82) is 0 Å². The number of rotatable bonds is 6. The molecular weight excluding hydrogens is 390 g/mol. The zero-order chi connectivity index (χ0) is 20.9. The van der Waals surface area contributed by atoms with E-state index < -0.39 is 0 Å². The van der Waals surface area contributed by atoms with Gasteiger partial charge in [0.05, 0.1) is 4.88 Å². The number of hydrogen-bond acceptors (Lipinski definition) is 3. The average molecular weight is 421 g/mol. The average Bonchev–Trinajstić information content (AvgIpc) is 3.31. The molecule has 4 nitrogen and oxygen atoms in total. The third-order valence-corrected chi connectivity index (χ3v) is 7.04. The van der Waals surface area contributed by atoms with Gasteiger partial charge in [-0.2, -0.15) is 0 Å². The van der Waals surface area contributed by atoms with E-state index in [0.717, 1.165) is 26.2 Å². The number of aryl methyl sites for hydroxylation is 1. The van der Waals surface area contributed by atoms with Crippen LogP contribution in [0.3, 0.4) is 0 Å². The molecular formula is C25H30N3OS+. The minimum Gasteiger partial charge on any atom is -0.368 e. The van der Waals surface area contributed by atoms with Crippen LogP contribution in [0.15, 0.2) is 66.0 Å². The van der Waals surface area contributed by atoms with E-state index in [9.17, 15) is 4.79 Å². The molecule has 1 aliphatic rings. The highest BCUT2D eigenvalue weighted by molar-refractivity contribution is 7.10. The fourth-order valence-electron chi connectivity index (χ4n) is 4.17. The van der Waals surface area contributed by atoms with Crippen LogP contribution in [-0.4, -0.2) is 43.5 Å². The summed E-state index contributed by atoms with van der Waals surface area (Å²) in [6, 6.07) is 21.4. The molecule has 1 amide bonds. The summed E-state index contributed by atoms with van der Waals surface area (Å²) in [6.07, 6.45) is 0. The summed E-state index contributed by atoms with van der Waals surface area (Å²) < 4.78 is 0. The normalized spacial score (nSPS) is 15.3. The molecule has 1 fully saturated rings. The smallest absolute Gasteiger partial charge is 0.277 e. The van der Waals surface area contributed by atoms with Crippen LogP contribution in [-0.2, 0) is 4.79 Å². The van der Waals surface area contributed by atoms with Crippen molar-refractivity contribution in [2.75, 3.05) is 37.6 Å². The fourth-order valence-corrected chi connectivity index (χ4v) is 5.02. The number of anilines is 1. The number of nitrogens with two attached hydrogens (primary N) is 1. The van der Waals surface area contributed by atoms with Crippen LogP contribution in [0.5, 0.6) is 0 Å². The molecule has 156 valence electrons. The highest BCUT2D eigenvalue weighted by Crippen LogP contribution is 2.24. The third-order valence-electron chi connectivity index (χ3n) is 6.09. The molecule has 1 aromatic heterocycles. The van der Waals surface area contributed by atoms with E-state index in [1.165, 1.54) is 27.3 Å². The van der Waals surface area contributed by atoms with Crippen LogP contribution in [0.4, 0.5) is 5.69 Å². The molecule has 1 saturated heterocycles. The Morgan fingerprint density at radius 3 is 2.43 bits per heavy atom. The van der Waals surface area contributed by atoms with Gasteiger partial charge in [-0.05, 0) is 42.5 Å². The third kappa shape index (κ3) is 4.58. The van der Waals surface area contributed by atoms with Gasteiger partial charge in [0.25, 0.3) is 5.91 Å². The summed E-state index contributed by atoms with van der Waals surface area (Å²) in [6.45, 7) is 8.17. The lowest BCUT2D eigenvalue weighted by molar-refractivity contribution is -0.676. The van der Waals surface area contributed by atoms with Gasteiger partial charge in [0.1, 0.15) is 6.04 Å². The number of amides is 1. The van der Waals surface area contributed by atoms with Gasteiger partial charge in [-0.15, -0.1) is 11.3 Å². The first kappa shape index (κ1) is 20.6. The molecule has 2 N–H and O–H groups in total. The van der Waals surface area contributed by atoms with Crippen LogP contribution >= 0.6 is 11.3 Å². The summed E-state index contributed by atoms with van der Waals surface area (Å²) in [5, 5.41) is 4.29. The van der Waals surface area contributed by atoms with Crippen molar-refractivity contribution < 1.29 is 10.1 Å². The minimum absolute atomic E-state index is 0.173. The van der Waals surface area contributed by atoms with Crippen molar-refractivity contribution in [2.24, 2.45) is 0 Å². The maximum atomic E-state index is 12.9. The first-order valence-electron chi connectivity index (χ1n) is 10.6. The molecule has 0 aliphatic carbocycles. The molecule has 0 saturated carbocycles. The molecule has 0 bridgehead atoms. The quantitative estimate of drug-likeness (QED) is 0.664. The highest BCUT2D eigenvalue weighted by atomic mass is 32.1. The number of quaternary nitrogens is 1. The number of nitrogens with zero attached hydrogens (tertiary/aromatic N) is 2. The molecule has 1 atom stereocenters. The Morgan fingerprint density at radius 1 is 0.967 bits per heavy atom. The predicted molar refractivity (Wildman–Crippen MR) is 124 cm³/mol. The van der Waals surface area contributed by atoms with Gasteiger partial charge in [0.2, 0.25) is 0 Å². The van der Waals surface area contributed by atoms with Crippen molar-refractivity contribution in [3.8, 4) is 0 Å². The number of carbonyl (C=O) groups excluding carboxylic acids is 1. The molecule has 2 heterocycles. The van der Waals surface area contributed by atoms with Gasteiger partial charge in [-0.3, -0.25) is 4.79 Å². The highest BCUT2D eigenvalue weighted by Gasteiger charge is 2.25. The monoisotopic (exact) mass is 420 g/mol. The summed E-state index contributed by atoms with van der Waals surface area (Å²) in [5.74, 6) is 0.230. The molecule has 0 spiro atoms. The maximum Gasteiger partial charge on any atom is 0.277 e. The van der Waals surface area contributed by atoms with Crippen molar-refractivity contribution in [1.82, 2.24) is 4.90 Å². The van der Waals surface area contributed by atoms with E-state index >= 15 is 0 Å². The topological polar surface area (TPSA) is 40.2 Å². The molecule has 0 radical (unpaired) electrons. The minimum atomic E-state index is 0.173. The van der Waals surface area contributed by atoms with Crippen LogP contribution in [0.25, 0.3) is 0 Å². The molecule has 4 rings (SSSR count). The molecule has 3 aromatic rings. The maximum absolute atomic E-state index is 12.9. The summed E-state index contributed by atoms with van der Waals surface area (Å²) in [4.78, 5) is 18.7. The van der Waals surface area contributed by atoms with E-state index in [4.69, 9.17) is 0 Å². The molecule has 30 heavy (non-hydrogen) atoms. The Balaban J connectivity index is 1.36. The Morgan fingerprint density at radius 2 is 1.73 bits per heavy atom. The lowest BCUT2D eigenvalue weighted by atomic mass is 10.1. The first-order valence-corrected chi connectivity index (χ1v) is 11.5. The summed E-state index contributed by atoms with van der Waals surface area (Å²) in [5.41, 5.74) is 5.20.